The standard InChI is InChI=1S/C17H26BrNO2/c1-4-6-13-10-15(13)19-11-12-8-14(18)17(21-7-5-2)16(9-12)20-3/h8-9,13,15,19H,4-7,10-11H2,1-3H3. The molecular formula is C17H26BrNO2. The lowest BCUT2D eigenvalue weighted by atomic mass is 10.2. The molecule has 1 fully saturated rings. The van der Waals surface area contributed by atoms with Gasteiger partial charge in [0.05, 0.1) is 18.2 Å². The maximum absolute atomic E-state index is 5.76. The zero-order valence-electron chi connectivity index (χ0n) is 13.2. The molecule has 4 heteroatoms. The van der Waals surface area contributed by atoms with Gasteiger partial charge in [0.1, 0.15) is 0 Å². The predicted molar refractivity (Wildman–Crippen MR) is 90.1 cm³/mol. The van der Waals surface area contributed by atoms with Crippen LogP contribution in [0.3, 0.4) is 0 Å². The summed E-state index contributed by atoms with van der Waals surface area (Å²) >= 11 is 3.60. The van der Waals surface area contributed by atoms with Crippen LogP contribution in [0, 0.1) is 5.92 Å². The van der Waals surface area contributed by atoms with Gasteiger partial charge >= 0.3 is 0 Å². The summed E-state index contributed by atoms with van der Waals surface area (Å²) in [7, 11) is 1.69. The Hall–Kier alpha value is -0.740. The summed E-state index contributed by atoms with van der Waals surface area (Å²) in [5.41, 5.74) is 1.23. The van der Waals surface area contributed by atoms with Gasteiger partial charge in [0.15, 0.2) is 11.5 Å². The highest BCUT2D eigenvalue weighted by Crippen LogP contribution is 2.38. The van der Waals surface area contributed by atoms with Gasteiger partial charge < -0.3 is 14.8 Å². The predicted octanol–water partition coefficient (Wildman–Crippen LogP) is 4.52. The average Bonchev–Trinajstić information content (AvgIpc) is 3.22. The van der Waals surface area contributed by atoms with Crippen LogP contribution in [0.5, 0.6) is 11.5 Å². The second-order valence-corrected chi connectivity index (χ2v) is 6.58. The fourth-order valence-electron chi connectivity index (χ4n) is 2.66. The van der Waals surface area contributed by atoms with Gasteiger partial charge in [-0.25, -0.2) is 0 Å². The number of hydrogen-bond donors (Lipinski definition) is 1. The Kier molecular flexibility index (Phi) is 6.37. The third kappa shape index (κ3) is 4.62. The molecule has 0 amide bonds. The summed E-state index contributed by atoms with van der Waals surface area (Å²) < 4.78 is 12.2. The molecule has 2 atom stereocenters. The average molecular weight is 356 g/mol. The van der Waals surface area contributed by atoms with Gasteiger partial charge in [-0.15, -0.1) is 0 Å². The molecule has 3 nitrogen and oxygen atoms in total. The lowest BCUT2D eigenvalue weighted by molar-refractivity contribution is 0.292. The maximum atomic E-state index is 5.76. The van der Waals surface area contributed by atoms with E-state index in [-0.39, 0.29) is 0 Å². The topological polar surface area (TPSA) is 30.5 Å². The molecular weight excluding hydrogens is 330 g/mol. The van der Waals surface area contributed by atoms with E-state index in [1.165, 1.54) is 24.8 Å². The van der Waals surface area contributed by atoms with Crippen LogP contribution < -0.4 is 14.8 Å². The van der Waals surface area contributed by atoms with Crippen molar-refractivity contribution < 1.29 is 9.47 Å². The molecule has 1 saturated carbocycles. The van der Waals surface area contributed by atoms with Crippen LogP contribution in [0.4, 0.5) is 0 Å². The molecule has 2 unspecified atom stereocenters. The SMILES string of the molecule is CCCOc1c(Br)cc(CNC2CC2CCC)cc1OC. The van der Waals surface area contributed by atoms with Crippen molar-refractivity contribution in [3.05, 3.63) is 22.2 Å². The first kappa shape index (κ1) is 16.6. The number of methoxy groups -OCH3 is 1. The molecule has 0 aromatic heterocycles. The van der Waals surface area contributed by atoms with E-state index in [2.05, 4.69) is 47.2 Å². The monoisotopic (exact) mass is 355 g/mol. The molecule has 1 aromatic carbocycles. The molecule has 0 spiro atoms. The van der Waals surface area contributed by atoms with Crippen molar-refractivity contribution >= 4 is 15.9 Å². The largest absolute Gasteiger partial charge is 0.493 e. The molecule has 1 N–H and O–H groups in total. The summed E-state index contributed by atoms with van der Waals surface area (Å²) in [6.45, 7) is 5.94. The minimum atomic E-state index is 0.700. The lowest BCUT2D eigenvalue weighted by Crippen LogP contribution is -2.17. The Morgan fingerprint density at radius 1 is 1.29 bits per heavy atom. The van der Waals surface area contributed by atoms with Gasteiger partial charge in [0, 0.05) is 12.6 Å². The third-order valence-electron chi connectivity index (χ3n) is 3.89. The zero-order valence-corrected chi connectivity index (χ0v) is 14.8. The van der Waals surface area contributed by atoms with Crippen LogP contribution in [0.15, 0.2) is 16.6 Å². The Bertz CT molecular complexity index is 464. The van der Waals surface area contributed by atoms with Gasteiger partial charge in [-0.2, -0.15) is 0 Å². The molecule has 1 aromatic rings. The number of benzene rings is 1. The molecule has 0 radical (unpaired) electrons. The molecule has 21 heavy (non-hydrogen) atoms. The van der Waals surface area contributed by atoms with Gasteiger partial charge in [0.25, 0.3) is 0 Å². The Balaban J connectivity index is 1.96. The molecule has 1 aliphatic rings. The normalized spacial score (nSPS) is 20.4. The van der Waals surface area contributed by atoms with Gasteiger partial charge in [-0.3, -0.25) is 0 Å². The fraction of sp³-hybridized carbons (Fsp3) is 0.647. The van der Waals surface area contributed by atoms with Crippen LogP contribution in [-0.4, -0.2) is 19.8 Å². The molecule has 0 aliphatic heterocycles. The summed E-state index contributed by atoms with van der Waals surface area (Å²) in [6.07, 6.45) is 4.93. The molecule has 2 rings (SSSR count). The molecule has 0 heterocycles. The fourth-order valence-corrected chi connectivity index (χ4v) is 3.26. The number of halogens is 1. The molecule has 118 valence electrons. The minimum absolute atomic E-state index is 0.700. The van der Waals surface area contributed by atoms with E-state index >= 15 is 0 Å². The lowest BCUT2D eigenvalue weighted by Gasteiger charge is -2.14. The summed E-state index contributed by atoms with van der Waals surface area (Å²) in [6, 6.07) is 4.89. The Morgan fingerprint density at radius 3 is 2.76 bits per heavy atom. The number of rotatable bonds is 9. The van der Waals surface area contributed by atoms with E-state index in [4.69, 9.17) is 9.47 Å². The van der Waals surface area contributed by atoms with Crippen molar-refractivity contribution in [1.29, 1.82) is 0 Å². The van der Waals surface area contributed by atoms with Crippen LogP contribution in [0.2, 0.25) is 0 Å². The van der Waals surface area contributed by atoms with Crippen LogP contribution in [0.25, 0.3) is 0 Å². The van der Waals surface area contributed by atoms with Crippen molar-refractivity contribution in [2.24, 2.45) is 5.92 Å². The van der Waals surface area contributed by atoms with E-state index in [1.54, 1.807) is 7.11 Å². The third-order valence-corrected chi connectivity index (χ3v) is 4.48. The van der Waals surface area contributed by atoms with Crippen molar-refractivity contribution in [3.8, 4) is 11.5 Å². The van der Waals surface area contributed by atoms with Crippen LogP contribution in [0.1, 0.15) is 45.1 Å². The van der Waals surface area contributed by atoms with Crippen LogP contribution >= 0.6 is 15.9 Å². The summed E-state index contributed by atoms with van der Waals surface area (Å²) in [5.74, 6) is 2.49. The first-order valence-electron chi connectivity index (χ1n) is 7.92. The molecule has 1 aliphatic carbocycles. The van der Waals surface area contributed by atoms with Gasteiger partial charge in [0.2, 0.25) is 0 Å². The van der Waals surface area contributed by atoms with Crippen molar-refractivity contribution in [2.45, 2.75) is 52.1 Å². The quantitative estimate of drug-likeness (QED) is 0.705. The van der Waals surface area contributed by atoms with E-state index in [9.17, 15) is 0 Å². The zero-order chi connectivity index (χ0) is 15.2. The maximum Gasteiger partial charge on any atom is 0.175 e. The van der Waals surface area contributed by atoms with E-state index in [0.717, 1.165) is 34.9 Å². The first-order chi connectivity index (χ1) is 10.2. The number of hydrogen-bond acceptors (Lipinski definition) is 3. The molecule has 0 saturated heterocycles. The number of ether oxygens (including phenoxy) is 2. The van der Waals surface area contributed by atoms with Gasteiger partial charge in [-0.05, 0) is 58.8 Å². The van der Waals surface area contributed by atoms with Crippen molar-refractivity contribution in [2.75, 3.05) is 13.7 Å². The van der Waals surface area contributed by atoms with E-state index in [0.29, 0.717) is 12.6 Å². The Labute approximate surface area is 136 Å². The molecule has 0 bridgehead atoms. The summed E-state index contributed by atoms with van der Waals surface area (Å²) in [5, 5.41) is 3.63. The van der Waals surface area contributed by atoms with Gasteiger partial charge in [-0.1, -0.05) is 20.3 Å². The van der Waals surface area contributed by atoms with E-state index in [1.807, 2.05) is 0 Å². The minimum Gasteiger partial charge on any atom is -0.493 e. The highest BCUT2D eigenvalue weighted by molar-refractivity contribution is 9.10. The summed E-state index contributed by atoms with van der Waals surface area (Å²) in [4.78, 5) is 0. The van der Waals surface area contributed by atoms with E-state index < -0.39 is 0 Å². The van der Waals surface area contributed by atoms with Crippen LogP contribution in [-0.2, 0) is 6.54 Å². The first-order valence-corrected chi connectivity index (χ1v) is 8.71. The van der Waals surface area contributed by atoms with Crippen molar-refractivity contribution in [1.82, 2.24) is 5.32 Å². The highest BCUT2D eigenvalue weighted by atomic mass is 79.9. The Morgan fingerprint density at radius 2 is 2.10 bits per heavy atom. The second-order valence-electron chi connectivity index (χ2n) is 5.73. The highest BCUT2D eigenvalue weighted by Gasteiger charge is 2.35. The van der Waals surface area contributed by atoms with Crippen molar-refractivity contribution in [3.63, 3.8) is 0 Å². The second kappa shape index (κ2) is 8.04. The number of nitrogens with one attached hydrogen (secondary N) is 1. The smallest absolute Gasteiger partial charge is 0.175 e.